The highest BCUT2D eigenvalue weighted by Crippen LogP contribution is 2.24. The summed E-state index contributed by atoms with van der Waals surface area (Å²) in [5, 5.41) is 3.15. The molecule has 0 bridgehead atoms. The Morgan fingerprint density at radius 2 is 1.88 bits per heavy atom. The zero-order valence-electron chi connectivity index (χ0n) is 14.2. The van der Waals surface area contributed by atoms with Crippen molar-refractivity contribution >= 4 is 11.8 Å². The van der Waals surface area contributed by atoms with E-state index >= 15 is 0 Å². The lowest BCUT2D eigenvalue weighted by Gasteiger charge is -2.32. The highest BCUT2D eigenvalue weighted by molar-refractivity contribution is 5.93. The van der Waals surface area contributed by atoms with Gasteiger partial charge in [-0.3, -0.25) is 14.6 Å². The summed E-state index contributed by atoms with van der Waals surface area (Å²) in [4.78, 5) is 30.5. The first kappa shape index (κ1) is 16.9. The maximum Gasteiger partial charge on any atom is 0.255 e. The lowest BCUT2D eigenvalue weighted by atomic mass is 9.88. The van der Waals surface area contributed by atoms with Gasteiger partial charge in [0.15, 0.2) is 0 Å². The number of piperidine rings is 1. The van der Waals surface area contributed by atoms with E-state index in [2.05, 4.69) is 10.3 Å². The van der Waals surface area contributed by atoms with Gasteiger partial charge in [-0.25, -0.2) is 0 Å². The molecule has 1 aliphatic carbocycles. The SMILES string of the molecule is O=C(NCC1CCN(C(=O)c2cccnc2)CC1)C1CCCCC1. The molecule has 2 amide bonds. The zero-order chi connectivity index (χ0) is 16.8. The largest absolute Gasteiger partial charge is 0.356 e. The van der Waals surface area contributed by atoms with Gasteiger partial charge in [-0.1, -0.05) is 19.3 Å². The molecule has 2 heterocycles. The van der Waals surface area contributed by atoms with E-state index in [-0.39, 0.29) is 17.7 Å². The molecule has 1 saturated heterocycles. The molecule has 1 aromatic rings. The van der Waals surface area contributed by atoms with Gasteiger partial charge in [-0.15, -0.1) is 0 Å². The molecule has 0 spiro atoms. The Bertz CT molecular complexity index is 547. The minimum Gasteiger partial charge on any atom is -0.356 e. The fourth-order valence-corrected chi connectivity index (χ4v) is 3.77. The number of carbonyl (C=O) groups is 2. The van der Waals surface area contributed by atoms with Crippen LogP contribution in [-0.2, 0) is 4.79 Å². The summed E-state index contributed by atoms with van der Waals surface area (Å²) in [5.41, 5.74) is 0.654. The third-order valence-corrected chi connectivity index (χ3v) is 5.35. The Balaban J connectivity index is 1.40. The molecule has 24 heavy (non-hydrogen) atoms. The van der Waals surface area contributed by atoms with E-state index in [4.69, 9.17) is 0 Å². The molecule has 130 valence electrons. The predicted octanol–water partition coefficient (Wildman–Crippen LogP) is 2.63. The lowest BCUT2D eigenvalue weighted by molar-refractivity contribution is -0.126. The number of likely N-dealkylation sites (tertiary alicyclic amines) is 1. The van der Waals surface area contributed by atoms with Gasteiger partial charge in [0, 0.05) is 37.9 Å². The van der Waals surface area contributed by atoms with Crippen LogP contribution >= 0.6 is 0 Å². The van der Waals surface area contributed by atoms with Crippen molar-refractivity contribution in [2.75, 3.05) is 19.6 Å². The van der Waals surface area contributed by atoms with Crippen molar-refractivity contribution in [3.05, 3.63) is 30.1 Å². The minimum atomic E-state index is 0.0628. The number of rotatable bonds is 4. The van der Waals surface area contributed by atoms with Crippen molar-refractivity contribution in [3.63, 3.8) is 0 Å². The molecule has 5 heteroatoms. The van der Waals surface area contributed by atoms with E-state index in [1.54, 1.807) is 18.5 Å². The average molecular weight is 329 g/mol. The third kappa shape index (κ3) is 4.34. The smallest absolute Gasteiger partial charge is 0.255 e. The van der Waals surface area contributed by atoms with Crippen LogP contribution in [-0.4, -0.2) is 41.3 Å². The van der Waals surface area contributed by atoms with E-state index in [9.17, 15) is 9.59 Å². The van der Waals surface area contributed by atoms with Gasteiger partial charge in [0.05, 0.1) is 5.56 Å². The Labute approximate surface area is 143 Å². The molecule has 0 atom stereocenters. The van der Waals surface area contributed by atoms with Crippen LogP contribution in [0.2, 0.25) is 0 Å². The Morgan fingerprint density at radius 1 is 1.12 bits per heavy atom. The maximum absolute atomic E-state index is 12.4. The molecule has 1 aliphatic heterocycles. The van der Waals surface area contributed by atoms with Gasteiger partial charge < -0.3 is 10.2 Å². The molecule has 3 rings (SSSR count). The molecular formula is C19H27N3O2. The van der Waals surface area contributed by atoms with Crippen LogP contribution in [0.4, 0.5) is 0 Å². The van der Waals surface area contributed by atoms with Crippen LogP contribution < -0.4 is 5.32 Å². The molecule has 2 aliphatic rings. The number of nitrogens with one attached hydrogen (secondary N) is 1. The molecule has 0 aromatic carbocycles. The molecule has 2 fully saturated rings. The fraction of sp³-hybridized carbons (Fsp3) is 0.632. The minimum absolute atomic E-state index is 0.0628. The monoisotopic (exact) mass is 329 g/mol. The van der Waals surface area contributed by atoms with Crippen molar-refractivity contribution in [2.45, 2.75) is 44.9 Å². The Hall–Kier alpha value is -1.91. The van der Waals surface area contributed by atoms with Crippen LogP contribution in [0.1, 0.15) is 55.3 Å². The summed E-state index contributed by atoms with van der Waals surface area (Å²) in [7, 11) is 0. The van der Waals surface area contributed by atoms with Crippen molar-refractivity contribution in [2.24, 2.45) is 11.8 Å². The van der Waals surface area contributed by atoms with E-state index in [0.29, 0.717) is 11.5 Å². The molecule has 1 aromatic heterocycles. The van der Waals surface area contributed by atoms with Gasteiger partial charge in [0.1, 0.15) is 0 Å². The Morgan fingerprint density at radius 3 is 2.54 bits per heavy atom. The molecule has 0 unspecified atom stereocenters. The highest BCUT2D eigenvalue weighted by atomic mass is 16.2. The highest BCUT2D eigenvalue weighted by Gasteiger charge is 2.25. The number of pyridine rings is 1. The average Bonchev–Trinajstić information content (AvgIpc) is 2.67. The van der Waals surface area contributed by atoms with Crippen molar-refractivity contribution in [1.29, 1.82) is 0 Å². The summed E-state index contributed by atoms with van der Waals surface area (Å²) >= 11 is 0. The quantitative estimate of drug-likeness (QED) is 0.923. The van der Waals surface area contributed by atoms with Crippen molar-refractivity contribution in [1.82, 2.24) is 15.2 Å². The molecule has 5 nitrogen and oxygen atoms in total. The van der Waals surface area contributed by atoms with Gasteiger partial charge in [0.25, 0.3) is 5.91 Å². The summed E-state index contributed by atoms with van der Waals surface area (Å²) in [6.45, 7) is 2.28. The molecular weight excluding hydrogens is 302 g/mol. The first-order valence-electron chi connectivity index (χ1n) is 9.21. The Kier molecular flexibility index (Phi) is 5.83. The van der Waals surface area contributed by atoms with Crippen LogP contribution in [0.15, 0.2) is 24.5 Å². The second-order valence-electron chi connectivity index (χ2n) is 7.06. The van der Waals surface area contributed by atoms with Crippen molar-refractivity contribution < 1.29 is 9.59 Å². The normalized spacial score (nSPS) is 19.9. The van der Waals surface area contributed by atoms with Crippen LogP contribution in [0, 0.1) is 11.8 Å². The van der Waals surface area contributed by atoms with Crippen molar-refractivity contribution in [3.8, 4) is 0 Å². The topological polar surface area (TPSA) is 62.3 Å². The van der Waals surface area contributed by atoms with Gasteiger partial charge >= 0.3 is 0 Å². The summed E-state index contributed by atoms with van der Waals surface area (Å²) in [5.74, 6) is 1.01. The molecule has 1 N–H and O–H groups in total. The summed E-state index contributed by atoms with van der Waals surface area (Å²) in [6, 6.07) is 3.60. The molecule has 1 saturated carbocycles. The number of amides is 2. The van der Waals surface area contributed by atoms with E-state index in [1.807, 2.05) is 11.0 Å². The summed E-state index contributed by atoms with van der Waals surface area (Å²) in [6.07, 6.45) is 10.9. The standard InChI is InChI=1S/C19H27N3O2/c23-18(16-5-2-1-3-6-16)21-13-15-8-11-22(12-9-15)19(24)17-7-4-10-20-14-17/h4,7,10,14-16H,1-3,5-6,8-9,11-13H2,(H,21,23). The number of hydrogen-bond donors (Lipinski definition) is 1. The molecule has 0 radical (unpaired) electrons. The summed E-state index contributed by atoms with van der Waals surface area (Å²) < 4.78 is 0. The number of aromatic nitrogens is 1. The zero-order valence-corrected chi connectivity index (χ0v) is 14.2. The van der Waals surface area contributed by atoms with Gasteiger partial charge in [-0.05, 0) is 43.7 Å². The second kappa shape index (κ2) is 8.27. The van der Waals surface area contributed by atoms with E-state index in [0.717, 1.165) is 45.3 Å². The van der Waals surface area contributed by atoms with Crippen LogP contribution in [0.5, 0.6) is 0 Å². The lowest BCUT2D eigenvalue weighted by Crippen LogP contribution is -2.42. The van der Waals surface area contributed by atoms with Crippen LogP contribution in [0.3, 0.4) is 0 Å². The fourth-order valence-electron chi connectivity index (χ4n) is 3.77. The van der Waals surface area contributed by atoms with E-state index in [1.165, 1.54) is 19.3 Å². The van der Waals surface area contributed by atoms with E-state index < -0.39 is 0 Å². The first-order valence-corrected chi connectivity index (χ1v) is 9.21. The second-order valence-corrected chi connectivity index (χ2v) is 7.06. The number of nitrogens with zero attached hydrogens (tertiary/aromatic N) is 2. The van der Waals surface area contributed by atoms with Crippen LogP contribution in [0.25, 0.3) is 0 Å². The maximum atomic E-state index is 12.4. The predicted molar refractivity (Wildman–Crippen MR) is 92.4 cm³/mol. The number of carbonyl (C=O) groups excluding carboxylic acids is 2. The third-order valence-electron chi connectivity index (χ3n) is 5.35. The van der Waals surface area contributed by atoms with Gasteiger partial charge in [0.2, 0.25) is 5.91 Å². The first-order chi connectivity index (χ1) is 11.7. The number of hydrogen-bond acceptors (Lipinski definition) is 3. The van der Waals surface area contributed by atoms with Gasteiger partial charge in [-0.2, -0.15) is 0 Å².